The van der Waals surface area contributed by atoms with E-state index in [0.717, 1.165) is 27.5 Å². The zero-order valence-corrected chi connectivity index (χ0v) is 27.1. The minimum Gasteiger partial charge on any atom is -0.309 e. The Bertz CT molecular complexity index is 3200. The van der Waals surface area contributed by atoms with Crippen molar-refractivity contribution in [3.05, 3.63) is 145 Å². The second-order valence-corrected chi connectivity index (χ2v) is 14.6. The first kappa shape index (κ1) is 26.2. The van der Waals surface area contributed by atoms with E-state index in [1.54, 1.807) is 0 Å². The number of nitrogens with zero attached hydrogens (tertiary/aromatic N) is 3. The average Bonchev–Trinajstić information content (AvgIpc) is 3.88. The second-order valence-electron chi connectivity index (χ2n) is 12.4. The van der Waals surface area contributed by atoms with Gasteiger partial charge in [0.2, 0.25) is 0 Å². The third-order valence-corrected chi connectivity index (χ3v) is 12.3. The summed E-state index contributed by atoms with van der Waals surface area (Å²) in [5.74, 6) is 0. The van der Waals surface area contributed by atoms with E-state index in [1.165, 1.54) is 67.8 Å². The van der Waals surface area contributed by atoms with Gasteiger partial charge in [0.05, 0.1) is 38.4 Å². The molecule has 48 heavy (non-hydrogen) atoms. The summed E-state index contributed by atoms with van der Waals surface area (Å²) < 4.78 is 10.0. The summed E-state index contributed by atoms with van der Waals surface area (Å²) in [5.41, 5.74) is 7.70. The highest BCUT2D eigenvalue weighted by molar-refractivity contribution is 7.26. The van der Waals surface area contributed by atoms with Crippen molar-refractivity contribution in [2.75, 3.05) is 0 Å². The van der Waals surface area contributed by atoms with Crippen molar-refractivity contribution in [1.29, 1.82) is 5.26 Å². The summed E-state index contributed by atoms with van der Waals surface area (Å²) in [7, 11) is 0. The van der Waals surface area contributed by atoms with Crippen molar-refractivity contribution in [3.8, 4) is 17.4 Å². The number of rotatable bonds is 2. The predicted molar refractivity (Wildman–Crippen MR) is 206 cm³/mol. The first-order chi connectivity index (χ1) is 23.7. The van der Waals surface area contributed by atoms with Crippen LogP contribution in [-0.4, -0.2) is 9.13 Å². The van der Waals surface area contributed by atoms with Gasteiger partial charge in [-0.25, -0.2) is 0 Å². The van der Waals surface area contributed by atoms with Crippen LogP contribution < -0.4 is 0 Å². The van der Waals surface area contributed by atoms with E-state index in [4.69, 9.17) is 0 Å². The summed E-state index contributed by atoms with van der Waals surface area (Å²) in [6.07, 6.45) is 0. The summed E-state index contributed by atoms with van der Waals surface area (Å²) in [6, 6.07) is 52.8. The van der Waals surface area contributed by atoms with Crippen LogP contribution >= 0.6 is 22.7 Å². The summed E-state index contributed by atoms with van der Waals surface area (Å²) in [4.78, 5) is 0. The highest BCUT2D eigenvalue weighted by Crippen LogP contribution is 2.44. The molecule has 11 aromatic rings. The van der Waals surface area contributed by atoms with Crippen molar-refractivity contribution in [1.82, 2.24) is 9.13 Å². The molecule has 4 aromatic heterocycles. The predicted octanol–water partition coefficient (Wildman–Crippen LogP) is 12.5. The average molecular weight is 646 g/mol. The highest BCUT2D eigenvalue weighted by atomic mass is 32.1. The molecule has 222 valence electrons. The van der Waals surface area contributed by atoms with Crippen molar-refractivity contribution in [3.63, 3.8) is 0 Å². The molecule has 0 saturated heterocycles. The van der Waals surface area contributed by atoms with Gasteiger partial charge in [0.1, 0.15) is 0 Å². The molecule has 0 spiro atoms. The molecule has 0 atom stereocenters. The van der Waals surface area contributed by atoms with Gasteiger partial charge in [0.15, 0.2) is 0 Å². The van der Waals surface area contributed by atoms with Crippen LogP contribution in [0.2, 0.25) is 0 Å². The lowest BCUT2D eigenvalue weighted by Gasteiger charge is -2.10. The highest BCUT2D eigenvalue weighted by Gasteiger charge is 2.19. The van der Waals surface area contributed by atoms with Crippen molar-refractivity contribution < 1.29 is 0 Å². The maximum absolute atomic E-state index is 9.62. The third-order valence-electron chi connectivity index (χ3n) is 9.93. The van der Waals surface area contributed by atoms with Crippen LogP contribution in [0.3, 0.4) is 0 Å². The number of benzene rings is 7. The molecule has 5 heteroatoms. The van der Waals surface area contributed by atoms with E-state index in [-0.39, 0.29) is 0 Å². The van der Waals surface area contributed by atoms with E-state index in [1.807, 2.05) is 34.8 Å². The molecule has 3 nitrogen and oxygen atoms in total. The Kier molecular flexibility index (Phi) is 5.21. The van der Waals surface area contributed by atoms with Gasteiger partial charge < -0.3 is 9.13 Å². The van der Waals surface area contributed by atoms with Gasteiger partial charge in [-0.2, -0.15) is 5.26 Å². The number of fused-ring (bicyclic) bond motifs is 13. The first-order valence-corrected chi connectivity index (χ1v) is 17.6. The molecule has 0 N–H and O–H groups in total. The summed E-state index contributed by atoms with van der Waals surface area (Å²) in [5, 5.41) is 19.6. The molecule has 0 aliphatic carbocycles. The van der Waals surface area contributed by atoms with Gasteiger partial charge in [-0.15, -0.1) is 22.7 Å². The van der Waals surface area contributed by atoms with E-state index in [0.29, 0.717) is 5.56 Å². The second kappa shape index (κ2) is 9.56. The standard InChI is InChI=1S/C43H23N3S2/c44-24-25-13-18-38-33(21-25)29-8-2-4-10-36(29)45(38)26-14-19-40-34(22-26)35-23-27(15-20-41(35)47-40)46-37-11-5-1-7-28(37)31-16-17-32-30-9-3-6-12-39(30)48-43(32)42(31)46/h1-23H. The Labute approximate surface area is 282 Å². The number of aromatic nitrogens is 2. The lowest BCUT2D eigenvalue weighted by molar-refractivity contribution is 1.19. The minimum absolute atomic E-state index is 0.676. The fraction of sp³-hybridized carbons (Fsp3) is 0. The number of nitriles is 1. The Balaban J connectivity index is 1.19. The number of para-hydroxylation sites is 2. The maximum atomic E-state index is 9.62. The maximum Gasteiger partial charge on any atom is 0.0991 e. The van der Waals surface area contributed by atoms with Crippen LogP contribution in [0.25, 0.3) is 95.3 Å². The Morgan fingerprint density at radius 2 is 1.00 bits per heavy atom. The zero-order valence-electron chi connectivity index (χ0n) is 25.4. The molecule has 0 unspecified atom stereocenters. The van der Waals surface area contributed by atoms with Crippen molar-refractivity contribution in [2.45, 2.75) is 0 Å². The van der Waals surface area contributed by atoms with Crippen LogP contribution in [0.5, 0.6) is 0 Å². The van der Waals surface area contributed by atoms with Crippen LogP contribution in [0, 0.1) is 11.3 Å². The Morgan fingerprint density at radius 1 is 0.417 bits per heavy atom. The molecule has 7 aromatic carbocycles. The molecule has 0 aliphatic rings. The molecule has 0 bridgehead atoms. The van der Waals surface area contributed by atoms with E-state index in [9.17, 15) is 5.26 Å². The van der Waals surface area contributed by atoms with Crippen LogP contribution in [0.4, 0.5) is 0 Å². The van der Waals surface area contributed by atoms with E-state index < -0.39 is 0 Å². The summed E-state index contributed by atoms with van der Waals surface area (Å²) >= 11 is 3.73. The lowest BCUT2D eigenvalue weighted by atomic mass is 10.1. The molecule has 0 fully saturated rings. The van der Waals surface area contributed by atoms with Gasteiger partial charge in [0.25, 0.3) is 0 Å². The Hall–Kier alpha value is -5.93. The lowest BCUT2D eigenvalue weighted by Crippen LogP contribution is -1.94. The fourth-order valence-electron chi connectivity index (χ4n) is 7.85. The van der Waals surface area contributed by atoms with Gasteiger partial charge in [-0.1, -0.05) is 66.7 Å². The van der Waals surface area contributed by atoms with Crippen LogP contribution in [0.15, 0.2) is 140 Å². The fourth-order valence-corrected chi connectivity index (χ4v) is 10.2. The van der Waals surface area contributed by atoms with Gasteiger partial charge in [-0.3, -0.25) is 0 Å². The Morgan fingerprint density at radius 3 is 1.75 bits per heavy atom. The SMILES string of the molecule is N#Cc1ccc2c(c1)c1ccccc1n2-c1ccc2sc3ccc(-n4c5ccccc5c5ccc6c7ccccc7sc6c54)cc3c2c1. The topological polar surface area (TPSA) is 33.6 Å². The van der Waals surface area contributed by atoms with Crippen molar-refractivity contribution in [2.24, 2.45) is 0 Å². The largest absolute Gasteiger partial charge is 0.309 e. The molecule has 11 rings (SSSR count). The number of hydrogen-bond acceptors (Lipinski definition) is 3. The van der Waals surface area contributed by atoms with E-state index in [2.05, 4.69) is 143 Å². The van der Waals surface area contributed by atoms with Gasteiger partial charge in [0, 0.05) is 68.6 Å². The number of thiophene rings is 2. The smallest absolute Gasteiger partial charge is 0.0991 e. The normalized spacial score (nSPS) is 12.1. The molecule has 0 aliphatic heterocycles. The zero-order chi connectivity index (χ0) is 31.5. The van der Waals surface area contributed by atoms with Gasteiger partial charge >= 0.3 is 0 Å². The molecule has 4 heterocycles. The molecular formula is C43H23N3S2. The van der Waals surface area contributed by atoms with Crippen LogP contribution in [-0.2, 0) is 0 Å². The van der Waals surface area contributed by atoms with E-state index >= 15 is 0 Å². The molecule has 0 amide bonds. The molecule has 0 saturated carbocycles. The first-order valence-electron chi connectivity index (χ1n) is 16.0. The minimum atomic E-state index is 0.676. The van der Waals surface area contributed by atoms with Crippen LogP contribution in [0.1, 0.15) is 5.56 Å². The molecule has 0 radical (unpaired) electrons. The third kappa shape index (κ3) is 3.45. The number of hydrogen-bond donors (Lipinski definition) is 0. The van der Waals surface area contributed by atoms with Gasteiger partial charge in [-0.05, 0) is 72.8 Å². The summed E-state index contributed by atoms with van der Waals surface area (Å²) in [6.45, 7) is 0. The molecular weight excluding hydrogens is 623 g/mol. The quantitative estimate of drug-likeness (QED) is 0.184. The monoisotopic (exact) mass is 645 g/mol. The van der Waals surface area contributed by atoms with Crippen molar-refractivity contribution >= 4 is 107 Å².